The van der Waals surface area contributed by atoms with E-state index in [1.165, 1.54) is 12.0 Å². The van der Waals surface area contributed by atoms with Gasteiger partial charge in [-0.3, -0.25) is 19.3 Å². The van der Waals surface area contributed by atoms with Crippen LogP contribution in [-0.2, 0) is 14.3 Å². The Morgan fingerprint density at radius 3 is 2.23 bits per heavy atom. The Bertz CT molecular complexity index is 1870. The van der Waals surface area contributed by atoms with Gasteiger partial charge in [-0.2, -0.15) is 0 Å². The maximum atomic E-state index is 13.4. The Morgan fingerprint density at radius 1 is 0.932 bits per heavy atom. The minimum atomic E-state index is -0.679. The minimum Gasteiger partial charge on any atom is -0.497 e. The standard InChI is InChI=1S/C35H27ClN2O6/c1-18-27(36)14-13-25-26(35(42)44-17-29(39)20-7-11-24(43-2)12-8-20)16-28(37-32(18)25)19-5-9-23(10-6-19)38-33(40)30-21-3-4-22(15-21)31(30)34(38)41/h3-14,16,21-22,30-31H,15,17H2,1-2H3. The van der Waals surface area contributed by atoms with Crippen molar-refractivity contribution in [3.05, 3.63) is 101 Å². The van der Waals surface area contributed by atoms with E-state index in [9.17, 15) is 19.2 Å². The molecule has 1 saturated heterocycles. The second-order valence-electron chi connectivity index (χ2n) is 11.4. The van der Waals surface area contributed by atoms with E-state index >= 15 is 0 Å². The van der Waals surface area contributed by atoms with Crippen molar-refractivity contribution in [2.45, 2.75) is 13.3 Å². The second-order valence-corrected chi connectivity index (χ2v) is 11.8. The quantitative estimate of drug-likeness (QED) is 0.106. The van der Waals surface area contributed by atoms with Gasteiger partial charge < -0.3 is 9.47 Å². The summed E-state index contributed by atoms with van der Waals surface area (Å²) in [5.41, 5.74) is 3.48. The van der Waals surface area contributed by atoms with E-state index in [2.05, 4.69) is 12.2 Å². The highest BCUT2D eigenvalue weighted by Crippen LogP contribution is 2.53. The van der Waals surface area contributed by atoms with Gasteiger partial charge in [0.2, 0.25) is 11.8 Å². The normalized spacial score (nSPS) is 21.7. The van der Waals surface area contributed by atoms with Gasteiger partial charge in [0.05, 0.1) is 41.4 Å². The zero-order chi connectivity index (χ0) is 30.7. The summed E-state index contributed by atoms with van der Waals surface area (Å²) in [6.45, 7) is 1.37. The number of Topliss-reactive ketones (excluding diaryl/α,β-unsaturated/α-hetero) is 1. The first-order valence-corrected chi connectivity index (χ1v) is 14.7. The van der Waals surface area contributed by atoms with E-state index in [1.54, 1.807) is 66.7 Å². The molecule has 2 heterocycles. The molecule has 8 nitrogen and oxygen atoms in total. The average Bonchev–Trinajstić information content (AvgIpc) is 3.74. The highest BCUT2D eigenvalue weighted by Gasteiger charge is 2.59. The third-order valence-electron chi connectivity index (χ3n) is 9.03. The number of hydrogen-bond donors (Lipinski definition) is 0. The number of anilines is 1. The molecule has 4 aromatic rings. The van der Waals surface area contributed by atoms with Crippen LogP contribution in [0.4, 0.5) is 5.69 Å². The molecule has 3 aromatic carbocycles. The molecular formula is C35H27ClN2O6. The monoisotopic (exact) mass is 606 g/mol. The number of esters is 1. The lowest BCUT2D eigenvalue weighted by molar-refractivity contribution is -0.123. The number of carbonyl (C=O) groups excluding carboxylic acids is 4. The topological polar surface area (TPSA) is 103 Å². The second kappa shape index (κ2) is 10.7. The fourth-order valence-electron chi connectivity index (χ4n) is 6.73. The molecule has 4 unspecified atom stereocenters. The van der Waals surface area contributed by atoms with Crippen molar-refractivity contribution in [1.82, 2.24) is 4.98 Å². The number of pyridine rings is 1. The van der Waals surface area contributed by atoms with E-state index < -0.39 is 12.6 Å². The third kappa shape index (κ3) is 4.48. The zero-order valence-corrected chi connectivity index (χ0v) is 24.7. The summed E-state index contributed by atoms with van der Waals surface area (Å²) in [6, 6.07) is 18.6. The Labute approximate surface area is 258 Å². The first kappa shape index (κ1) is 28.0. The number of amides is 2. The van der Waals surface area contributed by atoms with Gasteiger partial charge in [-0.1, -0.05) is 42.0 Å². The van der Waals surface area contributed by atoms with Gasteiger partial charge >= 0.3 is 5.97 Å². The number of carbonyl (C=O) groups is 4. The smallest absolute Gasteiger partial charge is 0.339 e. The summed E-state index contributed by atoms with van der Waals surface area (Å²) in [4.78, 5) is 58.8. The number of fused-ring (bicyclic) bond motifs is 6. The molecule has 1 aromatic heterocycles. The number of methoxy groups -OCH3 is 1. The molecule has 2 bridgehead atoms. The van der Waals surface area contributed by atoms with Crippen LogP contribution in [0, 0.1) is 30.6 Å². The molecule has 44 heavy (non-hydrogen) atoms. The summed E-state index contributed by atoms with van der Waals surface area (Å²) in [5, 5.41) is 1.03. The Morgan fingerprint density at radius 2 is 1.59 bits per heavy atom. The van der Waals surface area contributed by atoms with Crippen LogP contribution < -0.4 is 9.64 Å². The number of aryl methyl sites for hydroxylation is 1. The number of imide groups is 1. The maximum absolute atomic E-state index is 13.4. The van der Waals surface area contributed by atoms with Gasteiger partial charge in [0, 0.05) is 21.5 Å². The first-order valence-electron chi connectivity index (χ1n) is 14.4. The molecule has 2 aliphatic carbocycles. The summed E-state index contributed by atoms with van der Waals surface area (Å²) in [7, 11) is 1.54. The van der Waals surface area contributed by atoms with Crippen molar-refractivity contribution in [3.8, 4) is 17.0 Å². The molecule has 1 aliphatic heterocycles. The Balaban J connectivity index is 1.17. The molecule has 7 rings (SSSR count). The number of ketones is 1. The lowest BCUT2D eigenvalue weighted by Gasteiger charge is -2.18. The van der Waals surface area contributed by atoms with Crippen molar-refractivity contribution in [2.24, 2.45) is 23.7 Å². The molecule has 2 amide bonds. The van der Waals surface area contributed by atoms with E-state index in [-0.39, 0.29) is 46.8 Å². The fraction of sp³-hybridized carbons (Fsp3) is 0.229. The predicted molar refractivity (Wildman–Crippen MR) is 165 cm³/mol. The van der Waals surface area contributed by atoms with Crippen LogP contribution in [0.3, 0.4) is 0 Å². The number of nitrogens with zero attached hydrogens (tertiary/aromatic N) is 2. The fourth-order valence-corrected chi connectivity index (χ4v) is 6.88. The van der Waals surface area contributed by atoms with Crippen LogP contribution in [0.15, 0.2) is 78.9 Å². The molecule has 4 atom stereocenters. The van der Waals surface area contributed by atoms with Crippen molar-refractivity contribution in [1.29, 1.82) is 0 Å². The van der Waals surface area contributed by atoms with Gasteiger partial charge in [0.15, 0.2) is 12.4 Å². The van der Waals surface area contributed by atoms with Crippen molar-refractivity contribution < 1.29 is 28.7 Å². The molecule has 1 saturated carbocycles. The van der Waals surface area contributed by atoms with Gasteiger partial charge in [-0.25, -0.2) is 9.78 Å². The summed E-state index contributed by atoms with van der Waals surface area (Å²) >= 11 is 6.41. The Kier molecular flexibility index (Phi) is 6.81. The average molecular weight is 607 g/mol. The number of hydrogen-bond acceptors (Lipinski definition) is 7. The number of ether oxygens (including phenoxy) is 2. The van der Waals surface area contributed by atoms with Crippen molar-refractivity contribution in [2.75, 3.05) is 18.6 Å². The number of rotatable bonds is 7. The third-order valence-corrected chi connectivity index (χ3v) is 9.44. The van der Waals surface area contributed by atoms with Crippen LogP contribution >= 0.6 is 11.6 Å². The number of aromatic nitrogens is 1. The predicted octanol–water partition coefficient (Wildman–Crippen LogP) is 6.22. The summed E-state index contributed by atoms with van der Waals surface area (Å²) in [6.07, 6.45) is 5.01. The van der Waals surface area contributed by atoms with Crippen LogP contribution in [0.5, 0.6) is 5.75 Å². The maximum Gasteiger partial charge on any atom is 0.339 e. The van der Waals surface area contributed by atoms with E-state index in [0.717, 1.165) is 6.42 Å². The van der Waals surface area contributed by atoms with Crippen LogP contribution in [0.2, 0.25) is 5.02 Å². The van der Waals surface area contributed by atoms with Crippen LogP contribution in [-0.4, -0.2) is 42.3 Å². The molecule has 2 fully saturated rings. The Hall–Kier alpha value is -4.82. The zero-order valence-electron chi connectivity index (χ0n) is 24.0. The lowest BCUT2D eigenvalue weighted by Crippen LogP contribution is -2.32. The molecule has 0 N–H and O–H groups in total. The highest BCUT2D eigenvalue weighted by molar-refractivity contribution is 6.32. The molecule has 0 spiro atoms. The molecule has 3 aliphatic rings. The number of halogens is 1. The van der Waals surface area contributed by atoms with Gasteiger partial charge in [0.1, 0.15) is 5.75 Å². The molecule has 9 heteroatoms. The minimum absolute atomic E-state index is 0.132. The number of benzene rings is 3. The van der Waals surface area contributed by atoms with E-state index in [4.69, 9.17) is 26.1 Å². The van der Waals surface area contributed by atoms with Crippen LogP contribution in [0.1, 0.15) is 32.7 Å². The van der Waals surface area contributed by atoms with Crippen LogP contribution in [0.25, 0.3) is 22.2 Å². The van der Waals surface area contributed by atoms with Gasteiger partial charge in [-0.15, -0.1) is 0 Å². The van der Waals surface area contributed by atoms with E-state index in [0.29, 0.717) is 49.7 Å². The SMILES string of the molecule is COc1ccc(C(=O)COC(=O)c2cc(-c3ccc(N4C(=O)C5C6C=CC(C6)C5C4=O)cc3)nc3c(C)c(Cl)ccc23)cc1. The van der Waals surface area contributed by atoms with Crippen molar-refractivity contribution >= 4 is 51.8 Å². The molecule has 0 radical (unpaired) electrons. The lowest BCUT2D eigenvalue weighted by atomic mass is 9.85. The van der Waals surface area contributed by atoms with Gasteiger partial charge in [-0.05, 0) is 79.3 Å². The van der Waals surface area contributed by atoms with E-state index in [1.807, 2.05) is 6.92 Å². The molecule has 220 valence electrons. The largest absolute Gasteiger partial charge is 0.497 e. The first-order chi connectivity index (χ1) is 21.2. The highest BCUT2D eigenvalue weighted by atomic mass is 35.5. The van der Waals surface area contributed by atoms with Crippen molar-refractivity contribution in [3.63, 3.8) is 0 Å². The summed E-state index contributed by atoms with van der Waals surface area (Å²) in [5.74, 6) is -1.01. The molecular weight excluding hydrogens is 580 g/mol. The summed E-state index contributed by atoms with van der Waals surface area (Å²) < 4.78 is 10.6. The number of allylic oxidation sites excluding steroid dienone is 2. The van der Waals surface area contributed by atoms with Gasteiger partial charge in [0.25, 0.3) is 0 Å².